The lowest BCUT2D eigenvalue weighted by molar-refractivity contribution is 0.314. The van der Waals surface area contributed by atoms with Gasteiger partial charge in [-0.05, 0) is 53.5 Å². The van der Waals surface area contributed by atoms with Crippen molar-refractivity contribution in [3.8, 4) is 11.1 Å². The molecule has 1 aromatic carbocycles. The second-order valence-electron chi connectivity index (χ2n) is 5.15. The lowest BCUT2D eigenvalue weighted by Gasteiger charge is -2.18. The van der Waals surface area contributed by atoms with Crippen molar-refractivity contribution < 1.29 is 4.74 Å². The van der Waals surface area contributed by atoms with Crippen LogP contribution < -0.4 is 4.90 Å². The summed E-state index contributed by atoms with van der Waals surface area (Å²) in [7, 11) is 0. The summed E-state index contributed by atoms with van der Waals surface area (Å²) in [4.78, 5) is 6.35. The summed E-state index contributed by atoms with van der Waals surface area (Å²) >= 11 is 5.34. The first-order valence-electron chi connectivity index (χ1n) is 6.83. The molecule has 0 atom stereocenters. The van der Waals surface area contributed by atoms with Crippen LogP contribution in [0.5, 0.6) is 0 Å². The number of anilines is 1. The fourth-order valence-electron chi connectivity index (χ4n) is 3.04. The van der Waals surface area contributed by atoms with Gasteiger partial charge >= 0.3 is 0 Å². The summed E-state index contributed by atoms with van der Waals surface area (Å²) in [6, 6.07) is 8.60. The highest BCUT2D eigenvalue weighted by Crippen LogP contribution is 2.38. The first-order chi connectivity index (χ1) is 9.83. The van der Waals surface area contributed by atoms with E-state index in [1.807, 2.05) is 12.3 Å². The van der Waals surface area contributed by atoms with Gasteiger partial charge in [-0.3, -0.25) is 4.98 Å². The Bertz CT molecular complexity index is 684. The fourth-order valence-corrected chi connectivity index (χ4v) is 3.31. The molecule has 0 bridgehead atoms. The lowest BCUT2D eigenvalue weighted by atomic mass is 9.97. The van der Waals surface area contributed by atoms with Crippen molar-refractivity contribution in [3.63, 3.8) is 0 Å². The van der Waals surface area contributed by atoms with Gasteiger partial charge in [0.05, 0.1) is 12.3 Å². The van der Waals surface area contributed by atoms with E-state index in [4.69, 9.17) is 17.0 Å². The zero-order valence-electron chi connectivity index (χ0n) is 11.0. The molecule has 0 saturated heterocycles. The average molecular weight is 282 g/mol. The van der Waals surface area contributed by atoms with Gasteiger partial charge in [-0.2, -0.15) is 0 Å². The predicted octanol–water partition coefficient (Wildman–Crippen LogP) is 2.97. The minimum absolute atomic E-state index is 0.622. The van der Waals surface area contributed by atoms with Crippen molar-refractivity contribution in [2.75, 3.05) is 18.1 Å². The van der Waals surface area contributed by atoms with Crippen LogP contribution in [0, 0.1) is 0 Å². The van der Waals surface area contributed by atoms with E-state index in [1.165, 1.54) is 22.4 Å². The average Bonchev–Trinajstić information content (AvgIpc) is 2.84. The zero-order chi connectivity index (χ0) is 13.5. The molecule has 2 aliphatic rings. The van der Waals surface area contributed by atoms with Gasteiger partial charge in [-0.15, -0.1) is 0 Å². The second kappa shape index (κ2) is 4.56. The molecule has 100 valence electrons. The number of benzene rings is 1. The summed E-state index contributed by atoms with van der Waals surface area (Å²) in [6.45, 7) is 1.59. The Morgan fingerprint density at radius 3 is 2.80 bits per heavy atom. The molecule has 0 unspecified atom stereocenters. The minimum Gasteiger partial charge on any atom is -0.470 e. The number of pyridine rings is 1. The summed E-state index contributed by atoms with van der Waals surface area (Å²) in [6.07, 6.45) is 5.66. The molecule has 0 N–H and O–H groups in total. The topological polar surface area (TPSA) is 25.4 Å². The maximum Gasteiger partial charge on any atom is 0.263 e. The number of hydrogen-bond donors (Lipinski definition) is 0. The second-order valence-corrected chi connectivity index (χ2v) is 5.50. The number of nitrogens with zero attached hydrogens (tertiary/aromatic N) is 2. The van der Waals surface area contributed by atoms with Crippen molar-refractivity contribution in [2.45, 2.75) is 12.8 Å². The molecule has 0 fully saturated rings. The Labute approximate surface area is 123 Å². The molecule has 4 rings (SSSR count). The van der Waals surface area contributed by atoms with Gasteiger partial charge in [-0.1, -0.05) is 6.07 Å². The van der Waals surface area contributed by atoms with Gasteiger partial charge in [0.15, 0.2) is 0 Å². The minimum atomic E-state index is 0.622. The highest BCUT2D eigenvalue weighted by Gasteiger charge is 2.29. The lowest BCUT2D eigenvalue weighted by Crippen LogP contribution is -2.28. The van der Waals surface area contributed by atoms with Gasteiger partial charge < -0.3 is 9.64 Å². The molecule has 0 radical (unpaired) electrons. The Balaban J connectivity index is 1.88. The molecule has 0 spiro atoms. The Hall–Kier alpha value is -1.94. The first-order valence-corrected chi connectivity index (χ1v) is 7.24. The third-order valence-electron chi connectivity index (χ3n) is 3.95. The molecule has 0 aliphatic carbocycles. The SMILES string of the molecule is S=C1OCCc2cc(-c3cccnc3)cc3c2N1CC3. The molecular formula is C16H14N2OS. The molecular weight excluding hydrogens is 268 g/mol. The van der Waals surface area contributed by atoms with E-state index >= 15 is 0 Å². The summed E-state index contributed by atoms with van der Waals surface area (Å²) in [5.41, 5.74) is 6.38. The number of aromatic nitrogens is 1. The van der Waals surface area contributed by atoms with Crippen molar-refractivity contribution in [1.29, 1.82) is 0 Å². The van der Waals surface area contributed by atoms with E-state index in [9.17, 15) is 0 Å². The smallest absolute Gasteiger partial charge is 0.263 e. The van der Waals surface area contributed by atoms with Crippen LogP contribution in [0.25, 0.3) is 11.1 Å². The van der Waals surface area contributed by atoms with Crippen molar-refractivity contribution in [2.24, 2.45) is 0 Å². The molecule has 3 nitrogen and oxygen atoms in total. The van der Waals surface area contributed by atoms with E-state index in [0.29, 0.717) is 11.8 Å². The van der Waals surface area contributed by atoms with Gasteiger partial charge in [0.25, 0.3) is 5.17 Å². The van der Waals surface area contributed by atoms with E-state index in [2.05, 4.69) is 28.1 Å². The number of rotatable bonds is 1. The van der Waals surface area contributed by atoms with Crippen LogP contribution in [0.2, 0.25) is 0 Å². The molecule has 0 amide bonds. The molecule has 3 heterocycles. The summed E-state index contributed by atoms with van der Waals surface area (Å²) in [5.74, 6) is 0. The highest BCUT2D eigenvalue weighted by atomic mass is 32.1. The van der Waals surface area contributed by atoms with Crippen LogP contribution in [-0.4, -0.2) is 23.3 Å². The maximum atomic E-state index is 5.61. The highest BCUT2D eigenvalue weighted by molar-refractivity contribution is 7.80. The van der Waals surface area contributed by atoms with Crippen LogP contribution in [0.4, 0.5) is 5.69 Å². The van der Waals surface area contributed by atoms with Crippen LogP contribution in [-0.2, 0) is 17.6 Å². The summed E-state index contributed by atoms with van der Waals surface area (Å²) < 4.78 is 5.61. The predicted molar refractivity (Wildman–Crippen MR) is 83.0 cm³/mol. The quantitative estimate of drug-likeness (QED) is 0.751. The van der Waals surface area contributed by atoms with Crippen LogP contribution >= 0.6 is 12.2 Å². The van der Waals surface area contributed by atoms with Crippen molar-refractivity contribution in [1.82, 2.24) is 4.98 Å². The van der Waals surface area contributed by atoms with E-state index in [-0.39, 0.29) is 0 Å². The Kier molecular flexibility index (Phi) is 2.70. The monoisotopic (exact) mass is 282 g/mol. The van der Waals surface area contributed by atoms with Crippen LogP contribution in [0.3, 0.4) is 0 Å². The van der Waals surface area contributed by atoms with Gasteiger partial charge in [0, 0.05) is 30.9 Å². The molecule has 0 saturated carbocycles. The van der Waals surface area contributed by atoms with E-state index < -0.39 is 0 Å². The standard InChI is InChI=1S/C16H14N2OS/c20-16-18-6-3-11-8-14(13-2-1-5-17-10-13)9-12(15(11)18)4-7-19-16/h1-2,5,8-10H,3-4,6-7H2. The van der Waals surface area contributed by atoms with Gasteiger partial charge in [-0.25, -0.2) is 0 Å². The van der Waals surface area contributed by atoms with Gasteiger partial charge in [0.1, 0.15) is 0 Å². The number of thiocarbonyl (C=S) groups is 1. The van der Waals surface area contributed by atoms with Gasteiger partial charge in [0.2, 0.25) is 0 Å². The molecule has 2 aromatic rings. The third kappa shape index (κ3) is 1.79. The summed E-state index contributed by atoms with van der Waals surface area (Å²) in [5, 5.41) is 0.622. The van der Waals surface area contributed by atoms with E-state index in [0.717, 1.165) is 24.9 Å². The largest absolute Gasteiger partial charge is 0.470 e. The van der Waals surface area contributed by atoms with Crippen molar-refractivity contribution >= 4 is 23.1 Å². The molecule has 4 heteroatoms. The van der Waals surface area contributed by atoms with Crippen molar-refractivity contribution in [3.05, 3.63) is 47.8 Å². The molecule has 20 heavy (non-hydrogen) atoms. The van der Waals surface area contributed by atoms with Crippen LogP contribution in [0.15, 0.2) is 36.7 Å². The first kappa shape index (κ1) is 11.9. The third-order valence-corrected chi connectivity index (χ3v) is 4.29. The molecule has 2 aliphatic heterocycles. The normalized spacial score (nSPS) is 16.6. The Morgan fingerprint density at radius 1 is 1.15 bits per heavy atom. The Morgan fingerprint density at radius 2 is 2.00 bits per heavy atom. The maximum absolute atomic E-state index is 5.61. The van der Waals surface area contributed by atoms with E-state index in [1.54, 1.807) is 6.20 Å². The number of ether oxygens (including phenoxy) is 1. The fraction of sp³-hybridized carbons (Fsp3) is 0.250. The molecule has 1 aromatic heterocycles. The zero-order valence-corrected chi connectivity index (χ0v) is 11.8. The van der Waals surface area contributed by atoms with Crippen LogP contribution in [0.1, 0.15) is 11.1 Å². The number of hydrogen-bond acceptors (Lipinski definition) is 3.